The van der Waals surface area contributed by atoms with Crippen molar-refractivity contribution in [2.24, 2.45) is 0 Å². The smallest absolute Gasteiger partial charge is 0.182 e. The highest BCUT2D eigenvalue weighted by atomic mass is 15.3. The Morgan fingerprint density at radius 3 is 2.20 bits per heavy atom. The molecule has 0 aromatic carbocycles. The first kappa shape index (κ1) is 6.68. The molecule has 2 nitrogen and oxygen atoms in total. The van der Waals surface area contributed by atoms with Crippen LogP contribution >= 0.6 is 0 Å². The maximum absolute atomic E-state index is 5.54. The molecule has 54 valence electrons. The van der Waals surface area contributed by atoms with E-state index in [0.29, 0.717) is 0 Å². The van der Waals surface area contributed by atoms with Crippen LogP contribution in [0.5, 0.6) is 0 Å². The van der Waals surface area contributed by atoms with Crippen LogP contribution in [0.15, 0.2) is 0 Å². The molecule has 2 aliphatic rings. The van der Waals surface area contributed by atoms with Crippen LogP contribution in [0.1, 0.15) is 12.8 Å². The zero-order chi connectivity index (χ0) is 6.97. The largest absolute Gasteiger partial charge is 0.351 e. The van der Waals surface area contributed by atoms with E-state index in [0.717, 1.165) is 19.1 Å². The van der Waals surface area contributed by atoms with Crippen molar-refractivity contribution in [3.8, 4) is 0 Å². The minimum atomic E-state index is 0.785. The predicted octanol–water partition coefficient (Wildman–Crippen LogP) is -0.150. The van der Waals surface area contributed by atoms with Crippen LogP contribution in [-0.2, 0) is 0 Å². The topological polar surface area (TPSA) is 6.48 Å². The second kappa shape index (κ2) is 2.55. The fourth-order valence-corrected chi connectivity index (χ4v) is 1.83. The summed E-state index contributed by atoms with van der Waals surface area (Å²) in [7, 11) is 5.54. The summed E-state index contributed by atoms with van der Waals surface area (Å²) in [6.45, 7) is 4.77. The lowest BCUT2D eigenvalue weighted by atomic mass is 10.0. The molecule has 3 heteroatoms. The maximum atomic E-state index is 5.54. The van der Waals surface area contributed by atoms with Crippen molar-refractivity contribution in [2.75, 3.05) is 26.2 Å². The molecule has 0 amide bonds. The van der Waals surface area contributed by atoms with E-state index in [2.05, 4.69) is 4.90 Å². The quantitative estimate of drug-likeness (QED) is 0.462. The zero-order valence-corrected chi connectivity index (χ0v) is 6.29. The van der Waals surface area contributed by atoms with E-state index in [-0.39, 0.29) is 0 Å². The van der Waals surface area contributed by atoms with E-state index in [4.69, 9.17) is 7.98 Å². The second-order valence-corrected chi connectivity index (χ2v) is 3.35. The summed E-state index contributed by atoms with van der Waals surface area (Å²) in [5, 5.41) is 0. The molecular weight excluding hydrogens is 123 g/mol. The third-order valence-corrected chi connectivity index (χ3v) is 2.55. The van der Waals surface area contributed by atoms with Crippen LogP contribution < -0.4 is 0 Å². The number of nitrogens with zero attached hydrogens (tertiary/aromatic N) is 2. The van der Waals surface area contributed by atoms with E-state index in [1.165, 1.54) is 25.9 Å². The number of hydrogen-bond acceptors (Lipinski definition) is 2. The normalized spacial score (nSPS) is 30.8. The predicted molar refractivity (Wildman–Crippen MR) is 41.9 cm³/mol. The molecule has 0 atom stereocenters. The van der Waals surface area contributed by atoms with Gasteiger partial charge in [-0.3, -0.25) is 4.90 Å². The third-order valence-electron chi connectivity index (χ3n) is 2.55. The first-order chi connectivity index (χ1) is 4.86. The maximum Gasteiger partial charge on any atom is 0.182 e. The van der Waals surface area contributed by atoms with Crippen molar-refractivity contribution in [1.82, 2.24) is 9.71 Å². The van der Waals surface area contributed by atoms with Gasteiger partial charge in [0, 0.05) is 19.1 Å². The Morgan fingerprint density at radius 1 is 1.10 bits per heavy atom. The van der Waals surface area contributed by atoms with E-state index in [1.807, 2.05) is 4.81 Å². The lowest BCUT2D eigenvalue weighted by molar-refractivity contribution is 0.112. The van der Waals surface area contributed by atoms with Crippen molar-refractivity contribution in [1.29, 1.82) is 0 Å². The highest BCUT2D eigenvalue weighted by Crippen LogP contribution is 2.17. The van der Waals surface area contributed by atoms with Gasteiger partial charge in [0.05, 0.1) is 0 Å². The summed E-state index contributed by atoms with van der Waals surface area (Å²) >= 11 is 0. The molecule has 0 bridgehead atoms. The Labute approximate surface area is 63.6 Å². The molecule has 2 fully saturated rings. The summed E-state index contributed by atoms with van der Waals surface area (Å²) in [4.78, 5) is 4.45. The van der Waals surface area contributed by atoms with Crippen LogP contribution in [-0.4, -0.2) is 49.9 Å². The van der Waals surface area contributed by atoms with Gasteiger partial charge in [0.2, 0.25) is 0 Å². The molecule has 2 heterocycles. The minimum absolute atomic E-state index is 0.785. The van der Waals surface area contributed by atoms with Gasteiger partial charge in [0.1, 0.15) is 0 Å². The molecule has 0 N–H and O–H groups in total. The SMILES string of the molecule is [B]N1CC(N2CCCC2)C1. The molecule has 0 saturated carbocycles. The van der Waals surface area contributed by atoms with Crippen LogP contribution in [0, 0.1) is 0 Å². The standard InChI is InChI=1S/C7H13BN2/c8-10-5-7(6-10)9-3-1-2-4-9/h7H,1-6H2. The molecule has 0 unspecified atom stereocenters. The molecule has 10 heavy (non-hydrogen) atoms. The molecule has 0 aliphatic carbocycles. The highest BCUT2D eigenvalue weighted by molar-refractivity contribution is 6.04. The average molecular weight is 136 g/mol. The molecule has 2 aliphatic heterocycles. The molecule has 0 aromatic heterocycles. The Balaban J connectivity index is 1.78. The van der Waals surface area contributed by atoms with Crippen molar-refractivity contribution in [3.05, 3.63) is 0 Å². The average Bonchev–Trinajstić information content (AvgIpc) is 2.31. The van der Waals surface area contributed by atoms with Crippen LogP contribution in [0.3, 0.4) is 0 Å². The first-order valence-electron chi connectivity index (χ1n) is 4.10. The Kier molecular flexibility index (Phi) is 1.70. The Morgan fingerprint density at radius 2 is 1.70 bits per heavy atom. The summed E-state index contributed by atoms with van der Waals surface area (Å²) in [6, 6.07) is 0.785. The van der Waals surface area contributed by atoms with Crippen LogP contribution in [0.25, 0.3) is 0 Å². The van der Waals surface area contributed by atoms with Gasteiger partial charge in [0.15, 0.2) is 7.98 Å². The molecular formula is C7H13BN2. The monoisotopic (exact) mass is 136 g/mol. The van der Waals surface area contributed by atoms with Gasteiger partial charge in [-0.25, -0.2) is 0 Å². The highest BCUT2D eigenvalue weighted by Gasteiger charge is 2.29. The molecule has 0 aromatic rings. The number of likely N-dealkylation sites (tertiary alicyclic amines) is 1. The van der Waals surface area contributed by atoms with Gasteiger partial charge in [0.25, 0.3) is 0 Å². The zero-order valence-electron chi connectivity index (χ0n) is 6.29. The van der Waals surface area contributed by atoms with E-state index in [9.17, 15) is 0 Å². The molecule has 2 radical (unpaired) electrons. The number of hydrogen-bond donors (Lipinski definition) is 0. The van der Waals surface area contributed by atoms with E-state index >= 15 is 0 Å². The first-order valence-corrected chi connectivity index (χ1v) is 4.10. The van der Waals surface area contributed by atoms with Crippen molar-refractivity contribution < 1.29 is 0 Å². The number of rotatable bonds is 1. The van der Waals surface area contributed by atoms with Gasteiger partial charge in [-0.2, -0.15) is 0 Å². The summed E-state index contributed by atoms with van der Waals surface area (Å²) < 4.78 is 0. The Hall–Kier alpha value is -0.0151. The van der Waals surface area contributed by atoms with Gasteiger partial charge >= 0.3 is 0 Å². The van der Waals surface area contributed by atoms with Gasteiger partial charge in [-0.15, -0.1) is 0 Å². The lowest BCUT2D eigenvalue weighted by Crippen LogP contribution is -2.57. The van der Waals surface area contributed by atoms with Gasteiger partial charge in [-0.05, 0) is 25.9 Å². The molecule has 2 saturated heterocycles. The van der Waals surface area contributed by atoms with Crippen molar-refractivity contribution in [3.63, 3.8) is 0 Å². The van der Waals surface area contributed by atoms with Crippen molar-refractivity contribution >= 4 is 7.98 Å². The van der Waals surface area contributed by atoms with E-state index < -0.39 is 0 Å². The van der Waals surface area contributed by atoms with Crippen LogP contribution in [0.4, 0.5) is 0 Å². The minimum Gasteiger partial charge on any atom is -0.351 e. The third kappa shape index (κ3) is 1.08. The van der Waals surface area contributed by atoms with Gasteiger partial charge in [-0.1, -0.05) is 0 Å². The fraction of sp³-hybridized carbons (Fsp3) is 1.00. The van der Waals surface area contributed by atoms with E-state index in [1.54, 1.807) is 0 Å². The summed E-state index contributed by atoms with van der Waals surface area (Å²) in [5.41, 5.74) is 0. The lowest BCUT2D eigenvalue weighted by Gasteiger charge is -2.42. The van der Waals surface area contributed by atoms with Gasteiger partial charge < -0.3 is 4.81 Å². The summed E-state index contributed by atoms with van der Waals surface area (Å²) in [5.74, 6) is 0. The molecule has 2 rings (SSSR count). The van der Waals surface area contributed by atoms with Crippen LogP contribution in [0.2, 0.25) is 0 Å². The molecule has 0 spiro atoms. The summed E-state index contributed by atoms with van der Waals surface area (Å²) in [6.07, 6.45) is 2.78. The Bertz CT molecular complexity index is 117. The second-order valence-electron chi connectivity index (χ2n) is 3.35. The van der Waals surface area contributed by atoms with Crippen molar-refractivity contribution in [2.45, 2.75) is 18.9 Å². The fourth-order valence-electron chi connectivity index (χ4n) is 1.83.